The van der Waals surface area contributed by atoms with Crippen molar-refractivity contribution in [1.29, 1.82) is 0 Å². The van der Waals surface area contributed by atoms with E-state index in [4.69, 9.17) is 4.42 Å². The van der Waals surface area contributed by atoms with E-state index < -0.39 is 5.60 Å². The smallest absolute Gasteiger partial charge is 0.220 e. The third-order valence-electron chi connectivity index (χ3n) is 3.79. The van der Waals surface area contributed by atoms with Gasteiger partial charge in [0.1, 0.15) is 11.5 Å². The highest BCUT2D eigenvalue weighted by molar-refractivity contribution is 5.76. The Morgan fingerprint density at radius 2 is 2.11 bits per heavy atom. The Morgan fingerprint density at radius 1 is 1.37 bits per heavy atom. The first-order valence-electron chi connectivity index (χ1n) is 7.12. The Morgan fingerprint density at radius 3 is 2.74 bits per heavy atom. The third-order valence-corrected chi connectivity index (χ3v) is 3.79. The molecule has 19 heavy (non-hydrogen) atoms. The SMILES string of the molecule is Cc1ccc(CCC(=O)NCC2(O)CCCCC2)o1. The van der Waals surface area contributed by atoms with E-state index in [0.29, 0.717) is 19.4 Å². The molecule has 106 valence electrons. The maximum absolute atomic E-state index is 11.7. The van der Waals surface area contributed by atoms with Crippen LogP contribution >= 0.6 is 0 Å². The lowest BCUT2D eigenvalue weighted by atomic mass is 9.85. The second kappa shape index (κ2) is 6.24. The highest BCUT2D eigenvalue weighted by Gasteiger charge is 2.29. The molecule has 1 aliphatic rings. The molecule has 0 aromatic carbocycles. The van der Waals surface area contributed by atoms with Gasteiger partial charge in [0, 0.05) is 19.4 Å². The molecule has 1 aromatic rings. The number of amides is 1. The molecule has 4 heteroatoms. The Balaban J connectivity index is 1.69. The van der Waals surface area contributed by atoms with Crippen LogP contribution in [0.3, 0.4) is 0 Å². The van der Waals surface area contributed by atoms with Gasteiger partial charge in [-0.1, -0.05) is 19.3 Å². The first-order valence-corrected chi connectivity index (χ1v) is 7.12. The van der Waals surface area contributed by atoms with Crippen LogP contribution < -0.4 is 5.32 Å². The molecular weight excluding hydrogens is 242 g/mol. The molecular formula is C15H23NO3. The molecule has 1 saturated carbocycles. The van der Waals surface area contributed by atoms with Crippen LogP contribution in [0.4, 0.5) is 0 Å². The fourth-order valence-electron chi connectivity index (χ4n) is 2.59. The van der Waals surface area contributed by atoms with E-state index in [0.717, 1.165) is 37.2 Å². The van der Waals surface area contributed by atoms with Gasteiger partial charge >= 0.3 is 0 Å². The summed E-state index contributed by atoms with van der Waals surface area (Å²) < 4.78 is 5.42. The summed E-state index contributed by atoms with van der Waals surface area (Å²) in [5.41, 5.74) is -0.685. The van der Waals surface area contributed by atoms with Crippen molar-refractivity contribution in [2.75, 3.05) is 6.54 Å². The van der Waals surface area contributed by atoms with Crippen LogP contribution in [0.15, 0.2) is 16.5 Å². The van der Waals surface area contributed by atoms with Crippen molar-refractivity contribution >= 4 is 5.91 Å². The average Bonchev–Trinajstić information content (AvgIpc) is 2.81. The van der Waals surface area contributed by atoms with Crippen molar-refractivity contribution in [3.63, 3.8) is 0 Å². The highest BCUT2D eigenvalue weighted by Crippen LogP contribution is 2.27. The monoisotopic (exact) mass is 265 g/mol. The van der Waals surface area contributed by atoms with Crippen LogP contribution in [0.5, 0.6) is 0 Å². The summed E-state index contributed by atoms with van der Waals surface area (Å²) in [6, 6.07) is 3.80. The highest BCUT2D eigenvalue weighted by atomic mass is 16.3. The van der Waals surface area contributed by atoms with Gasteiger partial charge in [0.25, 0.3) is 0 Å². The van der Waals surface area contributed by atoms with Crippen molar-refractivity contribution in [2.24, 2.45) is 0 Å². The predicted molar refractivity (Wildman–Crippen MR) is 72.8 cm³/mol. The summed E-state index contributed by atoms with van der Waals surface area (Å²) in [5.74, 6) is 1.68. The van der Waals surface area contributed by atoms with E-state index in [1.807, 2.05) is 19.1 Å². The minimum atomic E-state index is -0.685. The fourth-order valence-corrected chi connectivity index (χ4v) is 2.59. The van der Waals surface area contributed by atoms with E-state index in [1.165, 1.54) is 6.42 Å². The maximum atomic E-state index is 11.7. The molecule has 1 amide bonds. The van der Waals surface area contributed by atoms with Crippen LogP contribution in [0, 0.1) is 6.92 Å². The summed E-state index contributed by atoms with van der Waals surface area (Å²) in [6.07, 6.45) is 5.90. The molecule has 0 atom stereocenters. The van der Waals surface area contributed by atoms with Gasteiger partial charge in [-0.2, -0.15) is 0 Å². The molecule has 0 saturated heterocycles. The predicted octanol–water partition coefficient (Wildman–Crippen LogP) is 2.33. The van der Waals surface area contributed by atoms with Crippen LogP contribution in [0.1, 0.15) is 50.0 Å². The number of furan rings is 1. The largest absolute Gasteiger partial charge is 0.466 e. The standard InChI is InChI=1S/C15H23NO3/c1-12-5-6-13(19-12)7-8-14(17)16-11-15(18)9-3-2-4-10-15/h5-6,18H,2-4,7-11H2,1H3,(H,16,17). The number of carbonyl (C=O) groups is 1. The van der Waals surface area contributed by atoms with Gasteiger partial charge in [-0.25, -0.2) is 0 Å². The van der Waals surface area contributed by atoms with Gasteiger partial charge in [-0.05, 0) is 31.9 Å². The Labute approximate surface area is 114 Å². The topological polar surface area (TPSA) is 62.5 Å². The second-order valence-electron chi connectivity index (χ2n) is 5.57. The zero-order valence-electron chi connectivity index (χ0n) is 11.6. The van der Waals surface area contributed by atoms with Crippen molar-refractivity contribution in [1.82, 2.24) is 5.32 Å². The number of hydrogen-bond acceptors (Lipinski definition) is 3. The molecule has 1 aliphatic carbocycles. The fraction of sp³-hybridized carbons (Fsp3) is 0.667. The van der Waals surface area contributed by atoms with Gasteiger partial charge in [0.2, 0.25) is 5.91 Å². The Bertz CT molecular complexity index is 419. The van der Waals surface area contributed by atoms with Crippen LogP contribution in [-0.4, -0.2) is 23.2 Å². The molecule has 0 radical (unpaired) electrons. The van der Waals surface area contributed by atoms with E-state index in [-0.39, 0.29) is 5.91 Å². The molecule has 4 nitrogen and oxygen atoms in total. The first kappa shape index (κ1) is 14.1. The molecule has 1 fully saturated rings. The number of hydrogen-bond donors (Lipinski definition) is 2. The van der Waals surface area contributed by atoms with Gasteiger partial charge in [0.15, 0.2) is 0 Å². The Kier molecular flexibility index (Phi) is 4.64. The minimum Gasteiger partial charge on any atom is -0.466 e. The zero-order chi connectivity index (χ0) is 13.7. The second-order valence-corrected chi connectivity index (χ2v) is 5.57. The van der Waals surface area contributed by atoms with Gasteiger partial charge in [-0.3, -0.25) is 4.79 Å². The van der Waals surface area contributed by atoms with Crippen LogP contribution in [0.2, 0.25) is 0 Å². The molecule has 0 bridgehead atoms. The van der Waals surface area contributed by atoms with Crippen molar-refractivity contribution < 1.29 is 14.3 Å². The van der Waals surface area contributed by atoms with Gasteiger partial charge < -0.3 is 14.8 Å². The number of aliphatic hydroxyl groups is 1. The van der Waals surface area contributed by atoms with E-state index in [2.05, 4.69) is 5.32 Å². The number of nitrogens with one attached hydrogen (secondary N) is 1. The summed E-state index contributed by atoms with van der Waals surface area (Å²) >= 11 is 0. The third kappa shape index (κ3) is 4.39. The van der Waals surface area contributed by atoms with Crippen molar-refractivity contribution in [3.05, 3.63) is 23.7 Å². The number of carbonyl (C=O) groups excluding carboxylic acids is 1. The molecule has 1 heterocycles. The van der Waals surface area contributed by atoms with Crippen LogP contribution in [-0.2, 0) is 11.2 Å². The summed E-state index contributed by atoms with van der Waals surface area (Å²) in [7, 11) is 0. The van der Waals surface area contributed by atoms with E-state index >= 15 is 0 Å². The lowest BCUT2D eigenvalue weighted by molar-refractivity contribution is -0.122. The maximum Gasteiger partial charge on any atom is 0.220 e. The van der Waals surface area contributed by atoms with E-state index in [1.54, 1.807) is 0 Å². The minimum absolute atomic E-state index is 0.0203. The molecule has 0 unspecified atom stereocenters. The zero-order valence-corrected chi connectivity index (χ0v) is 11.6. The van der Waals surface area contributed by atoms with E-state index in [9.17, 15) is 9.90 Å². The summed E-state index contributed by atoms with van der Waals surface area (Å²) in [4.78, 5) is 11.7. The summed E-state index contributed by atoms with van der Waals surface area (Å²) in [5, 5.41) is 13.1. The molecule has 1 aromatic heterocycles. The van der Waals surface area contributed by atoms with Crippen molar-refractivity contribution in [2.45, 2.75) is 57.5 Å². The van der Waals surface area contributed by atoms with Crippen molar-refractivity contribution in [3.8, 4) is 0 Å². The van der Waals surface area contributed by atoms with Gasteiger partial charge in [0.05, 0.1) is 5.60 Å². The average molecular weight is 265 g/mol. The number of aryl methyl sites for hydroxylation is 2. The molecule has 2 N–H and O–H groups in total. The first-order chi connectivity index (χ1) is 9.07. The Hall–Kier alpha value is -1.29. The normalized spacial score (nSPS) is 18.2. The lowest BCUT2D eigenvalue weighted by Crippen LogP contribution is -2.44. The molecule has 0 spiro atoms. The van der Waals surface area contributed by atoms with Crippen LogP contribution in [0.25, 0.3) is 0 Å². The number of rotatable bonds is 5. The molecule has 2 rings (SSSR count). The quantitative estimate of drug-likeness (QED) is 0.859. The van der Waals surface area contributed by atoms with Gasteiger partial charge in [-0.15, -0.1) is 0 Å². The summed E-state index contributed by atoms with van der Waals surface area (Å²) in [6.45, 7) is 2.27. The lowest BCUT2D eigenvalue weighted by Gasteiger charge is -2.32. The molecule has 0 aliphatic heterocycles.